The number of carbonyl (C=O) groups is 1. The van der Waals surface area contributed by atoms with E-state index in [1.807, 2.05) is 30.5 Å². The van der Waals surface area contributed by atoms with Gasteiger partial charge in [-0.2, -0.15) is 5.26 Å². The van der Waals surface area contributed by atoms with Crippen molar-refractivity contribution in [3.8, 4) is 16.6 Å². The number of halogens is 1. The first-order valence-corrected chi connectivity index (χ1v) is 9.09. The highest BCUT2D eigenvalue weighted by molar-refractivity contribution is 7.13. The van der Waals surface area contributed by atoms with Crippen LogP contribution in [-0.4, -0.2) is 30.6 Å². The van der Waals surface area contributed by atoms with E-state index < -0.39 is 5.91 Å². The van der Waals surface area contributed by atoms with Gasteiger partial charge in [0.1, 0.15) is 16.6 Å². The maximum Gasteiger partial charge on any atom is 0.262 e. The van der Waals surface area contributed by atoms with Crippen LogP contribution in [0, 0.1) is 11.3 Å². The van der Waals surface area contributed by atoms with E-state index in [1.54, 1.807) is 12.1 Å². The summed E-state index contributed by atoms with van der Waals surface area (Å²) in [5.41, 5.74) is 1.55. The molecule has 0 unspecified atom stereocenters. The highest BCUT2D eigenvalue weighted by atomic mass is 35.5. The average Bonchev–Trinajstić information content (AvgIpc) is 3.08. The van der Waals surface area contributed by atoms with Gasteiger partial charge in [-0.25, -0.2) is 4.98 Å². The Hall–Kier alpha value is -2.20. The van der Waals surface area contributed by atoms with Crippen LogP contribution >= 0.6 is 22.9 Å². The van der Waals surface area contributed by atoms with Crippen LogP contribution in [0.25, 0.3) is 16.6 Å². The number of nitrogens with zero attached hydrogens (tertiary/aromatic N) is 2. The molecule has 1 aromatic carbocycles. The lowest BCUT2D eigenvalue weighted by molar-refractivity contribution is -0.117. The largest absolute Gasteiger partial charge is 0.382 e. The van der Waals surface area contributed by atoms with E-state index in [4.69, 9.17) is 16.3 Å². The second-order valence-electron chi connectivity index (χ2n) is 5.06. The molecule has 1 N–H and O–H groups in total. The molecule has 1 aromatic heterocycles. The van der Waals surface area contributed by atoms with E-state index in [9.17, 15) is 10.1 Å². The van der Waals surface area contributed by atoms with E-state index in [2.05, 4.69) is 10.3 Å². The summed E-state index contributed by atoms with van der Waals surface area (Å²) in [6, 6.07) is 9.28. The smallest absolute Gasteiger partial charge is 0.262 e. The van der Waals surface area contributed by atoms with Crippen molar-refractivity contribution in [2.45, 2.75) is 13.3 Å². The molecule has 0 spiro atoms. The predicted octanol–water partition coefficient (Wildman–Crippen LogP) is 3.91. The summed E-state index contributed by atoms with van der Waals surface area (Å²) in [4.78, 5) is 16.5. The van der Waals surface area contributed by atoms with E-state index in [1.165, 1.54) is 17.4 Å². The van der Waals surface area contributed by atoms with Crippen LogP contribution < -0.4 is 5.32 Å². The van der Waals surface area contributed by atoms with Crippen LogP contribution in [0.1, 0.15) is 19.0 Å². The lowest BCUT2D eigenvalue weighted by atomic mass is 10.2. The lowest BCUT2D eigenvalue weighted by Crippen LogP contribution is -2.26. The molecule has 1 amide bonds. The van der Waals surface area contributed by atoms with Gasteiger partial charge in [0.05, 0.1) is 5.69 Å². The number of rotatable bonds is 8. The highest BCUT2D eigenvalue weighted by Gasteiger charge is 2.10. The average molecular weight is 376 g/mol. The SMILES string of the molecule is CCOCCCNC(=O)/C(C#N)=C/c1csc(-c2ccc(Cl)cc2)n1. The van der Waals surface area contributed by atoms with Gasteiger partial charge in [-0.1, -0.05) is 23.7 Å². The Bertz CT molecular complexity index is 778. The van der Waals surface area contributed by atoms with Crippen LogP contribution in [-0.2, 0) is 9.53 Å². The maximum atomic E-state index is 12.0. The summed E-state index contributed by atoms with van der Waals surface area (Å²) in [6.45, 7) is 3.61. The molecule has 130 valence electrons. The van der Waals surface area contributed by atoms with E-state index >= 15 is 0 Å². The molecule has 5 nitrogen and oxygen atoms in total. The minimum absolute atomic E-state index is 0.0318. The number of thiazole rings is 1. The predicted molar refractivity (Wildman–Crippen MR) is 100 cm³/mol. The van der Waals surface area contributed by atoms with E-state index in [-0.39, 0.29) is 5.57 Å². The lowest BCUT2D eigenvalue weighted by Gasteiger charge is -2.04. The third-order valence-electron chi connectivity index (χ3n) is 3.23. The van der Waals surface area contributed by atoms with Crippen molar-refractivity contribution in [1.29, 1.82) is 5.26 Å². The molecule has 0 aliphatic carbocycles. The van der Waals surface area contributed by atoms with Gasteiger partial charge in [-0.15, -0.1) is 11.3 Å². The highest BCUT2D eigenvalue weighted by Crippen LogP contribution is 2.25. The number of hydrogen-bond donors (Lipinski definition) is 1. The Balaban J connectivity index is 2.01. The molecule has 0 saturated carbocycles. The minimum Gasteiger partial charge on any atom is -0.382 e. The number of hydrogen-bond acceptors (Lipinski definition) is 5. The summed E-state index contributed by atoms with van der Waals surface area (Å²) in [6.07, 6.45) is 2.20. The molecule has 0 bridgehead atoms. The van der Waals surface area contributed by atoms with Gasteiger partial charge in [0, 0.05) is 35.7 Å². The van der Waals surface area contributed by atoms with Crippen molar-refractivity contribution in [3.63, 3.8) is 0 Å². The Morgan fingerprint density at radius 3 is 2.88 bits per heavy atom. The summed E-state index contributed by atoms with van der Waals surface area (Å²) >= 11 is 7.32. The zero-order valence-electron chi connectivity index (χ0n) is 13.8. The third kappa shape index (κ3) is 5.98. The maximum absolute atomic E-state index is 12.0. The molecule has 2 aromatic rings. The number of aromatic nitrogens is 1. The van der Waals surface area contributed by atoms with Gasteiger partial charge in [-0.05, 0) is 31.6 Å². The molecule has 0 atom stereocenters. The van der Waals surface area contributed by atoms with Crippen LogP contribution in [0.2, 0.25) is 5.02 Å². The van der Waals surface area contributed by atoms with E-state index in [0.717, 1.165) is 10.6 Å². The van der Waals surface area contributed by atoms with Crippen LogP contribution in [0.3, 0.4) is 0 Å². The van der Waals surface area contributed by atoms with Crippen molar-refractivity contribution < 1.29 is 9.53 Å². The van der Waals surface area contributed by atoms with Gasteiger partial charge in [0.25, 0.3) is 5.91 Å². The normalized spacial score (nSPS) is 11.2. The molecule has 0 radical (unpaired) electrons. The number of nitriles is 1. The molecule has 0 aliphatic heterocycles. The fourth-order valence-corrected chi connectivity index (χ4v) is 2.90. The van der Waals surface area contributed by atoms with Gasteiger partial charge in [0.2, 0.25) is 0 Å². The van der Waals surface area contributed by atoms with Crippen molar-refractivity contribution in [1.82, 2.24) is 10.3 Å². The topological polar surface area (TPSA) is 75.0 Å². The standard InChI is InChI=1S/C18H18ClN3O2S/c1-2-24-9-3-8-21-17(23)14(11-20)10-16-12-25-18(22-16)13-4-6-15(19)7-5-13/h4-7,10,12H,2-3,8-9H2,1H3,(H,21,23)/b14-10+. The van der Waals surface area contributed by atoms with Crippen LogP contribution in [0.15, 0.2) is 35.2 Å². The van der Waals surface area contributed by atoms with Crippen molar-refractivity contribution in [3.05, 3.63) is 45.9 Å². The second kappa shape index (κ2) is 9.94. The summed E-state index contributed by atoms with van der Waals surface area (Å²) in [5.74, 6) is -0.403. The van der Waals surface area contributed by atoms with Crippen molar-refractivity contribution in [2.75, 3.05) is 19.8 Å². The second-order valence-corrected chi connectivity index (χ2v) is 6.36. The molecule has 0 aliphatic rings. The molecule has 0 saturated heterocycles. The van der Waals surface area contributed by atoms with Gasteiger partial charge in [0.15, 0.2) is 0 Å². The molecule has 1 heterocycles. The zero-order valence-corrected chi connectivity index (χ0v) is 15.4. The fourth-order valence-electron chi connectivity index (χ4n) is 1.99. The molecule has 0 fully saturated rings. The van der Waals surface area contributed by atoms with Gasteiger partial charge < -0.3 is 10.1 Å². The Morgan fingerprint density at radius 1 is 1.44 bits per heavy atom. The minimum atomic E-state index is -0.403. The first-order chi connectivity index (χ1) is 12.1. The first kappa shape index (κ1) is 19.1. The third-order valence-corrected chi connectivity index (χ3v) is 4.39. The van der Waals surface area contributed by atoms with Crippen LogP contribution in [0.4, 0.5) is 0 Å². The van der Waals surface area contributed by atoms with Gasteiger partial charge in [-0.3, -0.25) is 4.79 Å². The summed E-state index contributed by atoms with van der Waals surface area (Å²) < 4.78 is 5.20. The Morgan fingerprint density at radius 2 is 2.20 bits per heavy atom. The van der Waals surface area contributed by atoms with Crippen molar-refractivity contribution >= 4 is 34.9 Å². The molecular formula is C18H18ClN3O2S. The summed E-state index contributed by atoms with van der Waals surface area (Å²) in [5, 5.41) is 15.2. The summed E-state index contributed by atoms with van der Waals surface area (Å²) in [7, 11) is 0. The molecular weight excluding hydrogens is 358 g/mol. The number of carbonyl (C=O) groups excluding carboxylic acids is 1. The number of amides is 1. The fraction of sp³-hybridized carbons (Fsp3) is 0.278. The number of ether oxygens (including phenoxy) is 1. The quantitative estimate of drug-likeness (QED) is 0.431. The van der Waals surface area contributed by atoms with E-state index in [0.29, 0.717) is 36.9 Å². The van der Waals surface area contributed by atoms with Crippen LogP contribution in [0.5, 0.6) is 0 Å². The van der Waals surface area contributed by atoms with Gasteiger partial charge >= 0.3 is 0 Å². The Labute approximate surface area is 155 Å². The van der Waals surface area contributed by atoms with Crippen molar-refractivity contribution in [2.24, 2.45) is 0 Å². The Kier molecular flexibility index (Phi) is 7.61. The zero-order chi connectivity index (χ0) is 18.1. The number of benzene rings is 1. The molecule has 25 heavy (non-hydrogen) atoms. The monoisotopic (exact) mass is 375 g/mol. The molecule has 2 rings (SSSR count). The number of nitrogens with one attached hydrogen (secondary N) is 1. The first-order valence-electron chi connectivity index (χ1n) is 7.83. The molecule has 7 heteroatoms.